The van der Waals surface area contributed by atoms with Crippen molar-refractivity contribution in [2.24, 2.45) is 0 Å². The molecule has 0 saturated carbocycles. The Morgan fingerprint density at radius 3 is 1.55 bits per heavy atom. The Morgan fingerprint density at radius 1 is 0.600 bits per heavy atom. The van der Waals surface area contributed by atoms with E-state index in [4.69, 9.17) is 0 Å². The van der Waals surface area contributed by atoms with E-state index in [0.29, 0.717) is 0 Å². The minimum atomic E-state index is 1.09. The summed E-state index contributed by atoms with van der Waals surface area (Å²) in [6.07, 6.45) is 0. The molecule has 2 aliphatic heterocycles. The van der Waals surface area contributed by atoms with E-state index in [0.717, 1.165) is 11.5 Å². The predicted molar refractivity (Wildman–Crippen MR) is 91.4 cm³/mol. The number of allylic oxidation sites excluding steroid dienone is 2. The van der Waals surface area contributed by atoms with Crippen LogP contribution in [0.2, 0.25) is 0 Å². The third kappa shape index (κ3) is 2.04. The third-order valence-corrected chi connectivity index (χ3v) is 5.55. The van der Waals surface area contributed by atoms with Crippen LogP contribution in [0.1, 0.15) is 22.3 Å². The van der Waals surface area contributed by atoms with Gasteiger partial charge in [-0.15, -0.1) is 23.5 Å². The van der Waals surface area contributed by atoms with Gasteiger partial charge in [0.15, 0.2) is 0 Å². The zero-order valence-corrected chi connectivity index (χ0v) is 12.6. The maximum atomic E-state index is 2.33. The fraction of sp³-hybridized carbons (Fsp3) is 0.111. The molecule has 2 aliphatic rings. The molecule has 0 saturated heterocycles. The molecule has 2 heteroatoms. The Kier molecular flexibility index (Phi) is 3.21. The summed E-state index contributed by atoms with van der Waals surface area (Å²) < 4.78 is 0. The molecule has 0 amide bonds. The van der Waals surface area contributed by atoms with Crippen LogP contribution in [-0.4, -0.2) is 0 Å². The van der Waals surface area contributed by atoms with Gasteiger partial charge in [-0.05, 0) is 44.2 Å². The highest BCUT2D eigenvalue weighted by atomic mass is 32.2. The summed E-state index contributed by atoms with van der Waals surface area (Å²) in [6.45, 7) is 0. The number of fused-ring (bicyclic) bond motifs is 2. The quantitative estimate of drug-likeness (QED) is 0.675. The standard InChI is InChI=1S/C18H14S2/c1-3-7-15-13(5-1)9-19-11-17(15)18-12-20-10-14-6-2-4-8-16(14)18/h1-8,11-12H,9-10H2. The van der Waals surface area contributed by atoms with E-state index in [1.807, 2.05) is 23.5 Å². The first-order valence-electron chi connectivity index (χ1n) is 6.74. The van der Waals surface area contributed by atoms with Gasteiger partial charge in [-0.25, -0.2) is 0 Å². The molecule has 0 radical (unpaired) electrons. The van der Waals surface area contributed by atoms with Crippen molar-refractivity contribution < 1.29 is 0 Å². The second-order valence-electron chi connectivity index (χ2n) is 5.00. The van der Waals surface area contributed by atoms with Gasteiger partial charge in [0.05, 0.1) is 0 Å². The number of hydrogen-bond donors (Lipinski definition) is 0. The van der Waals surface area contributed by atoms with Gasteiger partial charge in [0.2, 0.25) is 0 Å². The topological polar surface area (TPSA) is 0 Å². The first kappa shape index (κ1) is 12.4. The van der Waals surface area contributed by atoms with Crippen LogP contribution in [-0.2, 0) is 11.5 Å². The summed E-state index contributed by atoms with van der Waals surface area (Å²) in [5.41, 5.74) is 8.46. The minimum absolute atomic E-state index is 1.09. The molecule has 0 bridgehead atoms. The monoisotopic (exact) mass is 294 g/mol. The van der Waals surface area contributed by atoms with Crippen molar-refractivity contribution in [1.82, 2.24) is 0 Å². The third-order valence-electron chi connectivity index (χ3n) is 3.79. The van der Waals surface area contributed by atoms with Crippen LogP contribution in [0.3, 0.4) is 0 Å². The molecule has 0 aromatic heterocycles. The molecule has 0 atom stereocenters. The average molecular weight is 294 g/mol. The molecule has 2 aromatic carbocycles. The number of hydrogen-bond acceptors (Lipinski definition) is 2. The molecule has 2 aromatic rings. The minimum Gasteiger partial charge on any atom is -0.129 e. The van der Waals surface area contributed by atoms with Crippen LogP contribution in [0.5, 0.6) is 0 Å². The summed E-state index contributed by atoms with van der Waals surface area (Å²) >= 11 is 3.80. The lowest BCUT2D eigenvalue weighted by molar-refractivity contribution is 1.35. The second-order valence-corrected chi connectivity index (χ2v) is 6.71. The molecule has 20 heavy (non-hydrogen) atoms. The summed E-state index contributed by atoms with van der Waals surface area (Å²) in [5, 5.41) is 4.66. The molecule has 0 unspecified atom stereocenters. The highest BCUT2D eigenvalue weighted by molar-refractivity contribution is 8.02. The summed E-state index contributed by atoms with van der Waals surface area (Å²) in [5.74, 6) is 2.17. The Balaban J connectivity index is 1.86. The lowest BCUT2D eigenvalue weighted by Gasteiger charge is -2.23. The molecule has 0 fully saturated rings. The van der Waals surface area contributed by atoms with Crippen molar-refractivity contribution in [1.29, 1.82) is 0 Å². The zero-order chi connectivity index (χ0) is 13.4. The number of benzene rings is 2. The SMILES string of the molecule is C1=C(C2=CSCc3ccccc32)c2ccccc2CS1. The van der Waals surface area contributed by atoms with Crippen LogP contribution >= 0.6 is 23.5 Å². The molecular formula is C18H14S2. The molecule has 2 heterocycles. The van der Waals surface area contributed by atoms with Crippen molar-refractivity contribution in [2.45, 2.75) is 11.5 Å². The lowest BCUT2D eigenvalue weighted by atomic mass is 9.90. The van der Waals surface area contributed by atoms with Crippen LogP contribution < -0.4 is 0 Å². The Labute approximate surface area is 128 Å². The van der Waals surface area contributed by atoms with E-state index in [9.17, 15) is 0 Å². The Bertz CT molecular complexity index is 662. The largest absolute Gasteiger partial charge is 0.129 e. The van der Waals surface area contributed by atoms with Crippen LogP contribution in [0.25, 0.3) is 11.1 Å². The first-order valence-corrected chi connectivity index (χ1v) is 8.84. The van der Waals surface area contributed by atoms with Crippen LogP contribution in [0.15, 0.2) is 59.3 Å². The van der Waals surface area contributed by atoms with Gasteiger partial charge in [-0.3, -0.25) is 0 Å². The van der Waals surface area contributed by atoms with Gasteiger partial charge < -0.3 is 0 Å². The molecule has 0 nitrogen and oxygen atoms in total. The maximum absolute atomic E-state index is 2.33. The normalized spacial score (nSPS) is 16.8. The van der Waals surface area contributed by atoms with Crippen molar-refractivity contribution >= 4 is 34.7 Å². The van der Waals surface area contributed by atoms with Crippen molar-refractivity contribution in [3.8, 4) is 0 Å². The van der Waals surface area contributed by atoms with Gasteiger partial charge in [-0.2, -0.15) is 0 Å². The molecule has 0 spiro atoms. The highest BCUT2D eigenvalue weighted by Crippen LogP contribution is 2.44. The van der Waals surface area contributed by atoms with Gasteiger partial charge >= 0.3 is 0 Å². The van der Waals surface area contributed by atoms with E-state index < -0.39 is 0 Å². The lowest BCUT2D eigenvalue weighted by Crippen LogP contribution is -2.02. The number of thioether (sulfide) groups is 2. The molecule has 0 N–H and O–H groups in total. The second kappa shape index (κ2) is 5.19. The highest BCUT2D eigenvalue weighted by Gasteiger charge is 2.20. The summed E-state index contributed by atoms with van der Waals surface area (Å²) in [4.78, 5) is 0. The van der Waals surface area contributed by atoms with Crippen molar-refractivity contribution in [3.05, 3.63) is 81.6 Å². The fourth-order valence-electron chi connectivity index (χ4n) is 2.79. The summed E-state index contributed by atoms with van der Waals surface area (Å²) in [7, 11) is 0. The molecular weight excluding hydrogens is 280 g/mol. The maximum Gasteiger partial charge on any atom is 0.0232 e. The van der Waals surface area contributed by atoms with Crippen LogP contribution in [0, 0.1) is 0 Å². The Morgan fingerprint density at radius 2 is 1.05 bits per heavy atom. The van der Waals surface area contributed by atoms with Gasteiger partial charge in [-0.1, -0.05) is 48.5 Å². The van der Waals surface area contributed by atoms with E-state index >= 15 is 0 Å². The summed E-state index contributed by atoms with van der Waals surface area (Å²) in [6, 6.07) is 17.6. The average Bonchev–Trinajstić information content (AvgIpc) is 2.54. The smallest absolute Gasteiger partial charge is 0.0232 e. The molecule has 0 aliphatic carbocycles. The first-order chi connectivity index (χ1) is 9.93. The van der Waals surface area contributed by atoms with Gasteiger partial charge in [0.25, 0.3) is 0 Å². The Hall–Kier alpha value is -1.38. The van der Waals surface area contributed by atoms with E-state index in [1.54, 1.807) is 0 Å². The number of rotatable bonds is 1. The zero-order valence-electron chi connectivity index (χ0n) is 11.0. The van der Waals surface area contributed by atoms with E-state index in [-0.39, 0.29) is 0 Å². The van der Waals surface area contributed by atoms with Gasteiger partial charge in [0, 0.05) is 11.5 Å². The van der Waals surface area contributed by atoms with Crippen molar-refractivity contribution in [2.75, 3.05) is 0 Å². The van der Waals surface area contributed by atoms with E-state index in [2.05, 4.69) is 59.3 Å². The van der Waals surface area contributed by atoms with Crippen LogP contribution in [0.4, 0.5) is 0 Å². The van der Waals surface area contributed by atoms with E-state index in [1.165, 1.54) is 33.4 Å². The fourth-order valence-corrected chi connectivity index (χ4v) is 4.66. The van der Waals surface area contributed by atoms with Gasteiger partial charge in [0.1, 0.15) is 0 Å². The molecule has 4 rings (SSSR count). The predicted octanol–water partition coefficient (Wildman–Crippen LogP) is 5.56. The molecule has 98 valence electrons. The van der Waals surface area contributed by atoms with Crippen molar-refractivity contribution in [3.63, 3.8) is 0 Å².